The number of thiazole rings is 1. The maximum absolute atomic E-state index is 12.8. The zero-order valence-corrected chi connectivity index (χ0v) is 15.4. The van der Waals surface area contributed by atoms with Crippen LogP contribution in [0.3, 0.4) is 0 Å². The second kappa shape index (κ2) is 6.67. The summed E-state index contributed by atoms with van der Waals surface area (Å²) in [6, 6.07) is 9.11. The molecule has 1 atom stereocenters. The Morgan fingerprint density at radius 2 is 2.00 bits per heavy atom. The highest BCUT2D eigenvalue weighted by molar-refractivity contribution is 7.15. The lowest BCUT2D eigenvalue weighted by Crippen LogP contribution is -2.13. The lowest BCUT2D eigenvalue weighted by atomic mass is 10.00. The molecule has 4 nitrogen and oxygen atoms in total. The number of aromatic nitrogens is 1. The molecule has 2 heterocycles. The third-order valence-corrected chi connectivity index (χ3v) is 5.63. The molecule has 0 N–H and O–H groups in total. The molecule has 4 rings (SSSR count). The molecule has 0 amide bonds. The van der Waals surface area contributed by atoms with Crippen LogP contribution in [0.4, 0.5) is 0 Å². The molecule has 1 fully saturated rings. The van der Waals surface area contributed by atoms with Crippen LogP contribution in [0.1, 0.15) is 28.5 Å². The number of carbonyl (C=O) groups excluding carboxylic acids is 2. The van der Waals surface area contributed by atoms with E-state index in [4.69, 9.17) is 16.0 Å². The average Bonchev–Trinajstić information content (AvgIpc) is 3.31. The number of hydrogen-bond donors (Lipinski definition) is 0. The number of allylic oxidation sites excluding steroid dienone is 1. The normalized spacial score (nSPS) is 18.8. The van der Waals surface area contributed by atoms with Crippen molar-refractivity contribution >= 4 is 40.6 Å². The Balaban J connectivity index is 1.68. The molecule has 1 unspecified atom stereocenters. The molecule has 0 saturated heterocycles. The number of furan rings is 1. The van der Waals surface area contributed by atoms with Crippen LogP contribution < -0.4 is 0 Å². The molecule has 0 radical (unpaired) electrons. The van der Waals surface area contributed by atoms with Gasteiger partial charge in [0.25, 0.3) is 0 Å². The maximum atomic E-state index is 12.8. The van der Waals surface area contributed by atoms with Crippen molar-refractivity contribution in [1.82, 2.24) is 4.98 Å². The van der Waals surface area contributed by atoms with Gasteiger partial charge in [0.15, 0.2) is 11.6 Å². The van der Waals surface area contributed by atoms with Gasteiger partial charge in [-0.1, -0.05) is 23.7 Å². The number of ketones is 2. The van der Waals surface area contributed by atoms with E-state index < -0.39 is 5.92 Å². The number of benzene rings is 1. The van der Waals surface area contributed by atoms with Crippen LogP contribution in [-0.2, 0) is 9.59 Å². The number of Topliss-reactive ketones (excluding diaryl/α,β-unsaturated/α-hetero) is 2. The van der Waals surface area contributed by atoms with Gasteiger partial charge in [-0.05, 0) is 31.2 Å². The zero-order chi connectivity index (χ0) is 18.3. The number of carbonyl (C=O) groups is 2. The van der Waals surface area contributed by atoms with Crippen molar-refractivity contribution in [1.29, 1.82) is 0 Å². The molecule has 0 bridgehead atoms. The van der Waals surface area contributed by atoms with Crippen molar-refractivity contribution in [2.45, 2.75) is 19.3 Å². The first-order valence-corrected chi connectivity index (χ1v) is 9.25. The summed E-state index contributed by atoms with van der Waals surface area (Å²) in [6.07, 6.45) is 4.92. The van der Waals surface area contributed by atoms with Gasteiger partial charge in [-0.25, -0.2) is 4.98 Å². The molecule has 2 aromatic heterocycles. The summed E-state index contributed by atoms with van der Waals surface area (Å²) < 4.78 is 5.02. The van der Waals surface area contributed by atoms with E-state index >= 15 is 0 Å². The SMILES string of the molecule is Cc1sc(-c2ccc(Cl)cc2)nc1C1C(=O)C/C(=C\c2ccoc2)C1=O. The van der Waals surface area contributed by atoms with E-state index in [9.17, 15) is 9.59 Å². The molecule has 3 aromatic rings. The van der Waals surface area contributed by atoms with E-state index in [0.717, 1.165) is 21.0 Å². The van der Waals surface area contributed by atoms with E-state index in [1.54, 1.807) is 30.5 Å². The summed E-state index contributed by atoms with van der Waals surface area (Å²) in [4.78, 5) is 30.8. The van der Waals surface area contributed by atoms with Gasteiger partial charge < -0.3 is 4.42 Å². The number of halogens is 1. The minimum Gasteiger partial charge on any atom is -0.472 e. The molecule has 1 aromatic carbocycles. The summed E-state index contributed by atoms with van der Waals surface area (Å²) in [5.41, 5.74) is 2.76. The number of nitrogens with zero attached hydrogens (tertiary/aromatic N) is 1. The Kier molecular flexibility index (Phi) is 4.34. The molecule has 0 aliphatic heterocycles. The van der Waals surface area contributed by atoms with Gasteiger partial charge in [-0.2, -0.15) is 0 Å². The van der Waals surface area contributed by atoms with Gasteiger partial charge in [-0.15, -0.1) is 11.3 Å². The van der Waals surface area contributed by atoms with Crippen molar-refractivity contribution in [2.75, 3.05) is 0 Å². The van der Waals surface area contributed by atoms with Gasteiger partial charge in [0.2, 0.25) is 0 Å². The van der Waals surface area contributed by atoms with Crippen molar-refractivity contribution < 1.29 is 14.0 Å². The van der Waals surface area contributed by atoms with Crippen LogP contribution in [0, 0.1) is 6.92 Å². The van der Waals surface area contributed by atoms with Gasteiger partial charge in [0, 0.05) is 33.0 Å². The Morgan fingerprint density at radius 1 is 1.23 bits per heavy atom. The molecular formula is C20H14ClNO3S. The molecule has 6 heteroatoms. The van der Waals surface area contributed by atoms with Crippen LogP contribution in [0.25, 0.3) is 16.6 Å². The largest absolute Gasteiger partial charge is 0.472 e. The number of hydrogen-bond acceptors (Lipinski definition) is 5. The molecule has 130 valence electrons. The van der Waals surface area contributed by atoms with E-state index in [1.165, 1.54) is 17.6 Å². The minimum absolute atomic E-state index is 0.110. The molecular weight excluding hydrogens is 370 g/mol. The maximum Gasteiger partial charge on any atom is 0.175 e. The van der Waals surface area contributed by atoms with Gasteiger partial charge in [0.1, 0.15) is 10.9 Å². The van der Waals surface area contributed by atoms with E-state index in [2.05, 4.69) is 4.98 Å². The smallest absolute Gasteiger partial charge is 0.175 e. The standard InChI is InChI=1S/C20H14ClNO3S/c1-11-18(22-20(26-11)13-2-4-15(21)5-3-13)17-16(23)9-14(19(17)24)8-12-6-7-25-10-12/h2-8,10,17H,9H2,1H3/b14-8+. The number of aryl methyl sites for hydroxylation is 1. The fraction of sp³-hybridized carbons (Fsp3) is 0.150. The molecule has 1 aliphatic carbocycles. The predicted octanol–water partition coefficient (Wildman–Crippen LogP) is 5.07. The minimum atomic E-state index is -0.814. The van der Waals surface area contributed by atoms with Crippen molar-refractivity contribution in [3.63, 3.8) is 0 Å². The number of rotatable bonds is 3. The van der Waals surface area contributed by atoms with Crippen LogP contribution in [0.5, 0.6) is 0 Å². The first kappa shape index (κ1) is 16.9. The topological polar surface area (TPSA) is 60.2 Å². The second-order valence-electron chi connectivity index (χ2n) is 6.13. The summed E-state index contributed by atoms with van der Waals surface area (Å²) in [5, 5.41) is 1.43. The first-order valence-electron chi connectivity index (χ1n) is 8.06. The summed E-state index contributed by atoms with van der Waals surface area (Å²) in [6.45, 7) is 1.89. The van der Waals surface area contributed by atoms with Crippen LogP contribution >= 0.6 is 22.9 Å². The molecule has 0 spiro atoms. The van der Waals surface area contributed by atoms with Gasteiger partial charge in [-0.3, -0.25) is 9.59 Å². The third kappa shape index (κ3) is 3.04. The van der Waals surface area contributed by atoms with Crippen LogP contribution in [0.15, 0.2) is 52.8 Å². The van der Waals surface area contributed by atoms with E-state index in [-0.39, 0.29) is 18.0 Å². The Bertz CT molecular complexity index is 1020. The lowest BCUT2D eigenvalue weighted by Gasteiger charge is -2.04. The fourth-order valence-corrected chi connectivity index (χ4v) is 4.14. The molecule has 1 saturated carbocycles. The quantitative estimate of drug-likeness (QED) is 0.467. The molecule has 1 aliphatic rings. The molecule has 26 heavy (non-hydrogen) atoms. The van der Waals surface area contributed by atoms with E-state index in [1.807, 2.05) is 19.1 Å². The summed E-state index contributed by atoms with van der Waals surface area (Å²) in [5.74, 6) is -1.10. The lowest BCUT2D eigenvalue weighted by molar-refractivity contribution is -0.123. The summed E-state index contributed by atoms with van der Waals surface area (Å²) >= 11 is 7.41. The highest BCUT2D eigenvalue weighted by atomic mass is 35.5. The van der Waals surface area contributed by atoms with Crippen LogP contribution in [0.2, 0.25) is 5.02 Å². The predicted molar refractivity (Wildman–Crippen MR) is 101 cm³/mol. The van der Waals surface area contributed by atoms with Crippen molar-refractivity contribution in [3.05, 3.63) is 69.6 Å². The first-order chi connectivity index (χ1) is 12.5. The summed E-state index contributed by atoms with van der Waals surface area (Å²) in [7, 11) is 0. The average molecular weight is 384 g/mol. The van der Waals surface area contributed by atoms with Crippen molar-refractivity contribution in [2.24, 2.45) is 0 Å². The Hall–Kier alpha value is -2.50. The van der Waals surface area contributed by atoms with Gasteiger partial charge >= 0.3 is 0 Å². The highest BCUT2D eigenvalue weighted by Crippen LogP contribution is 2.38. The van der Waals surface area contributed by atoms with Crippen molar-refractivity contribution in [3.8, 4) is 10.6 Å². The fourth-order valence-electron chi connectivity index (χ4n) is 3.06. The van der Waals surface area contributed by atoms with Crippen LogP contribution in [-0.4, -0.2) is 16.6 Å². The Morgan fingerprint density at radius 3 is 2.69 bits per heavy atom. The highest BCUT2D eigenvalue weighted by Gasteiger charge is 2.40. The monoisotopic (exact) mass is 383 g/mol. The third-order valence-electron chi connectivity index (χ3n) is 4.35. The second-order valence-corrected chi connectivity index (χ2v) is 7.77. The van der Waals surface area contributed by atoms with E-state index in [0.29, 0.717) is 16.3 Å². The van der Waals surface area contributed by atoms with Gasteiger partial charge in [0.05, 0.1) is 18.2 Å². The Labute approximate surface area is 159 Å². The zero-order valence-electron chi connectivity index (χ0n) is 13.9.